The van der Waals surface area contributed by atoms with Gasteiger partial charge in [0.05, 0.1) is 29.7 Å². The summed E-state index contributed by atoms with van der Waals surface area (Å²) < 4.78 is 38.4. The van der Waals surface area contributed by atoms with Crippen molar-refractivity contribution in [3.63, 3.8) is 0 Å². The number of fused-ring (bicyclic) bond motifs is 1. The number of carbonyl (C=O) groups excluding carboxylic acids is 3. The maximum atomic E-state index is 13.5. The molecule has 1 fully saturated rings. The Morgan fingerprint density at radius 2 is 1.83 bits per heavy atom. The minimum atomic E-state index is -4.15. The molecule has 3 atom stereocenters. The molecule has 0 aliphatic carbocycles. The number of amides is 2. The van der Waals surface area contributed by atoms with Crippen LogP contribution in [-0.4, -0.2) is 74.0 Å². The minimum Gasteiger partial charge on any atom is -0.465 e. The Bertz CT molecular complexity index is 1480. The molecule has 2 heterocycles. The summed E-state index contributed by atoms with van der Waals surface area (Å²) in [7, 11) is -2.99. The van der Waals surface area contributed by atoms with Gasteiger partial charge in [-0.15, -0.1) is 0 Å². The Balaban J connectivity index is 1.46. The molecule has 1 aliphatic rings. The van der Waals surface area contributed by atoms with Gasteiger partial charge < -0.3 is 24.9 Å². The molecule has 11 nitrogen and oxygen atoms in total. The Morgan fingerprint density at radius 1 is 1.12 bits per heavy atom. The third-order valence-electron chi connectivity index (χ3n) is 6.99. The van der Waals surface area contributed by atoms with Gasteiger partial charge in [-0.05, 0) is 49.4 Å². The number of para-hydroxylation sites is 1. The second-order valence-electron chi connectivity index (χ2n) is 10.5. The molecule has 1 aromatic heterocycles. The number of furan rings is 1. The zero-order valence-electron chi connectivity index (χ0n) is 23.2. The first-order valence-corrected chi connectivity index (χ1v) is 14.9. The van der Waals surface area contributed by atoms with Gasteiger partial charge in [-0.25, -0.2) is 13.2 Å². The van der Waals surface area contributed by atoms with Crippen molar-refractivity contribution < 1.29 is 37.1 Å². The lowest BCUT2D eigenvalue weighted by atomic mass is 10.0. The van der Waals surface area contributed by atoms with Crippen molar-refractivity contribution in [2.45, 2.75) is 56.2 Å². The molecular formula is C29H35N3O8S. The lowest BCUT2D eigenvalue weighted by molar-refractivity contribution is -0.125. The molecule has 0 bridgehead atoms. The van der Waals surface area contributed by atoms with Crippen LogP contribution in [0, 0.1) is 5.92 Å². The smallest absolute Gasteiger partial charge is 0.339 e. The van der Waals surface area contributed by atoms with Crippen LogP contribution in [0.4, 0.5) is 0 Å². The van der Waals surface area contributed by atoms with E-state index < -0.39 is 46.0 Å². The molecule has 3 N–H and O–H groups in total. The SMILES string of the molecule is COC(=O)c1ccccc1S(=O)(=O)N1CCCC(NC(=O)C(CC(C)C)NC(=O)c2cc3ccccc3o2)C(O)C1. The number of β-amino-alcohol motifs (C(OH)–C–C–N with tert-alkyl or cyclic N) is 1. The number of hydrogen-bond acceptors (Lipinski definition) is 8. The molecule has 220 valence electrons. The molecule has 3 unspecified atom stereocenters. The first-order chi connectivity index (χ1) is 19.5. The Kier molecular flexibility index (Phi) is 9.46. The number of esters is 1. The first kappa shape index (κ1) is 30.2. The number of nitrogens with one attached hydrogen (secondary N) is 2. The second-order valence-corrected chi connectivity index (χ2v) is 12.4. The van der Waals surface area contributed by atoms with Gasteiger partial charge in [0.15, 0.2) is 5.76 Å². The fraction of sp³-hybridized carbons (Fsp3) is 0.414. The van der Waals surface area contributed by atoms with Gasteiger partial charge in [-0.3, -0.25) is 9.59 Å². The average molecular weight is 586 g/mol. The normalized spacial score (nSPS) is 19.0. The van der Waals surface area contributed by atoms with Crippen LogP contribution in [0.3, 0.4) is 0 Å². The van der Waals surface area contributed by atoms with E-state index in [1.807, 2.05) is 26.0 Å². The fourth-order valence-corrected chi connectivity index (χ4v) is 6.59. The number of hydrogen-bond donors (Lipinski definition) is 3. The van der Waals surface area contributed by atoms with Crippen LogP contribution in [0.5, 0.6) is 0 Å². The maximum absolute atomic E-state index is 13.5. The van der Waals surface area contributed by atoms with E-state index >= 15 is 0 Å². The molecular weight excluding hydrogens is 550 g/mol. The molecule has 4 rings (SSSR count). The first-order valence-electron chi connectivity index (χ1n) is 13.5. The summed E-state index contributed by atoms with van der Waals surface area (Å²) in [5.41, 5.74) is 0.452. The van der Waals surface area contributed by atoms with Crippen molar-refractivity contribution in [1.29, 1.82) is 0 Å². The van der Waals surface area contributed by atoms with Crippen LogP contribution >= 0.6 is 0 Å². The van der Waals surface area contributed by atoms with E-state index in [9.17, 15) is 27.9 Å². The van der Waals surface area contributed by atoms with Gasteiger partial charge in [0.25, 0.3) is 5.91 Å². The third-order valence-corrected chi connectivity index (χ3v) is 8.92. The monoisotopic (exact) mass is 585 g/mol. The van der Waals surface area contributed by atoms with Crippen LogP contribution in [0.15, 0.2) is 63.9 Å². The lowest BCUT2D eigenvalue weighted by Crippen LogP contribution is -2.54. The number of sulfonamides is 1. The van der Waals surface area contributed by atoms with E-state index in [0.29, 0.717) is 24.8 Å². The van der Waals surface area contributed by atoms with E-state index in [1.165, 1.54) is 31.4 Å². The van der Waals surface area contributed by atoms with E-state index in [-0.39, 0.29) is 35.2 Å². The summed E-state index contributed by atoms with van der Waals surface area (Å²) in [5.74, 6) is -1.67. The zero-order valence-corrected chi connectivity index (χ0v) is 24.0. The van der Waals surface area contributed by atoms with Crippen molar-refractivity contribution in [2.24, 2.45) is 5.92 Å². The number of carbonyl (C=O) groups is 3. The summed E-state index contributed by atoms with van der Waals surface area (Å²) in [6.45, 7) is 3.63. The fourth-order valence-electron chi connectivity index (χ4n) is 4.91. The zero-order chi connectivity index (χ0) is 29.7. The lowest BCUT2D eigenvalue weighted by Gasteiger charge is -2.27. The topological polar surface area (TPSA) is 155 Å². The van der Waals surface area contributed by atoms with E-state index in [4.69, 9.17) is 9.15 Å². The van der Waals surface area contributed by atoms with E-state index in [2.05, 4.69) is 10.6 Å². The Morgan fingerprint density at radius 3 is 2.54 bits per heavy atom. The number of aliphatic hydroxyl groups is 1. The summed E-state index contributed by atoms with van der Waals surface area (Å²) in [6.07, 6.45) is -0.233. The number of methoxy groups -OCH3 is 1. The Labute approximate surface area is 238 Å². The molecule has 12 heteroatoms. The third kappa shape index (κ3) is 6.95. The molecule has 0 saturated carbocycles. The highest BCUT2D eigenvalue weighted by atomic mass is 32.2. The predicted molar refractivity (Wildman–Crippen MR) is 151 cm³/mol. The average Bonchev–Trinajstić information content (AvgIpc) is 3.30. The molecule has 2 aromatic carbocycles. The van der Waals surface area contributed by atoms with Gasteiger partial charge in [-0.2, -0.15) is 4.31 Å². The van der Waals surface area contributed by atoms with Crippen LogP contribution in [0.25, 0.3) is 11.0 Å². The van der Waals surface area contributed by atoms with Gasteiger partial charge in [0.2, 0.25) is 15.9 Å². The van der Waals surface area contributed by atoms with Gasteiger partial charge in [0, 0.05) is 18.5 Å². The highest BCUT2D eigenvalue weighted by Crippen LogP contribution is 2.25. The standard InChI is InChI=1S/C29H35N3O8S/c1-18(2)15-22(31-28(35)25-16-19-9-4-6-12-24(19)40-25)27(34)30-21-11-8-14-32(17-23(21)33)41(37,38)26-13-7-5-10-20(26)29(36)39-3/h4-7,9-10,12-13,16,18,21-23,33H,8,11,14-15,17H2,1-3H3,(H,30,34)(H,31,35). The number of ether oxygens (including phenoxy) is 1. The molecule has 1 saturated heterocycles. The van der Waals surface area contributed by atoms with Gasteiger partial charge in [-0.1, -0.05) is 44.2 Å². The molecule has 0 radical (unpaired) electrons. The number of nitrogens with zero attached hydrogens (tertiary/aromatic N) is 1. The van der Waals surface area contributed by atoms with Crippen molar-refractivity contribution in [3.8, 4) is 0 Å². The van der Waals surface area contributed by atoms with Gasteiger partial charge >= 0.3 is 5.97 Å². The molecule has 0 spiro atoms. The number of benzene rings is 2. The van der Waals surface area contributed by atoms with Crippen LogP contribution in [0.2, 0.25) is 0 Å². The van der Waals surface area contributed by atoms with Crippen molar-refractivity contribution in [3.05, 3.63) is 65.9 Å². The number of rotatable bonds is 9. The maximum Gasteiger partial charge on any atom is 0.339 e. The summed E-state index contributed by atoms with van der Waals surface area (Å²) in [4.78, 5) is 38.3. The molecule has 2 amide bonds. The summed E-state index contributed by atoms with van der Waals surface area (Å²) in [6, 6.07) is 12.9. The van der Waals surface area contributed by atoms with Crippen LogP contribution < -0.4 is 10.6 Å². The minimum absolute atomic E-state index is 0.0660. The number of aliphatic hydroxyl groups excluding tert-OH is 1. The molecule has 41 heavy (non-hydrogen) atoms. The van der Waals surface area contributed by atoms with Crippen molar-refractivity contribution in [2.75, 3.05) is 20.2 Å². The van der Waals surface area contributed by atoms with Crippen LogP contribution in [-0.2, 0) is 19.6 Å². The predicted octanol–water partition coefficient (Wildman–Crippen LogP) is 2.69. The highest BCUT2D eigenvalue weighted by Gasteiger charge is 2.36. The largest absolute Gasteiger partial charge is 0.465 e. The second kappa shape index (κ2) is 12.8. The van der Waals surface area contributed by atoms with Gasteiger partial charge in [0.1, 0.15) is 11.6 Å². The summed E-state index contributed by atoms with van der Waals surface area (Å²) >= 11 is 0. The molecule has 1 aliphatic heterocycles. The highest BCUT2D eigenvalue weighted by molar-refractivity contribution is 7.89. The van der Waals surface area contributed by atoms with Crippen LogP contribution in [0.1, 0.15) is 54.0 Å². The quantitative estimate of drug-likeness (QED) is 0.324. The van der Waals surface area contributed by atoms with E-state index in [1.54, 1.807) is 18.2 Å². The Hall–Kier alpha value is -3.74. The molecule has 3 aromatic rings. The van der Waals surface area contributed by atoms with Crippen molar-refractivity contribution in [1.82, 2.24) is 14.9 Å². The van der Waals surface area contributed by atoms with Crippen molar-refractivity contribution >= 4 is 38.8 Å². The summed E-state index contributed by atoms with van der Waals surface area (Å²) in [5, 5.41) is 17.3. The van der Waals surface area contributed by atoms with E-state index in [0.717, 1.165) is 9.69 Å².